The van der Waals surface area contributed by atoms with Crippen LogP contribution in [0, 0.1) is 0 Å². The molecule has 1 atom stereocenters. The van der Waals surface area contributed by atoms with Gasteiger partial charge >= 0.3 is 15.2 Å². The van der Waals surface area contributed by atoms with Gasteiger partial charge in [0.1, 0.15) is 0 Å². The minimum Gasteiger partial charge on any atom is -0.368 e. The van der Waals surface area contributed by atoms with E-state index in [1.807, 2.05) is 14.1 Å². The van der Waals surface area contributed by atoms with E-state index in [-0.39, 0.29) is 12.5 Å². The second-order valence-corrected chi connectivity index (χ2v) is 10.1. The average molecular weight is 332 g/mol. The molecule has 0 aromatic rings. The topological polar surface area (TPSA) is 135 Å². The summed E-state index contributed by atoms with van der Waals surface area (Å²) in [4.78, 5) is 36.4. The first-order chi connectivity index (χ1) is 8.81. The monoisotopic (exact) mass is 332 g/mol. The van der Waals surface area contributed by atoms with Crippen molar-refractivity contribution in [3.8, 4) is 0 Å². The SMILES string of the molecule is C[N+]1(C)CCCCC1CCC(O)(P(=O)(O)O)P(=O)(O)O. The highest BCUT2D eigenvalue weighted by Crippen LogP contribution is 2.69. The van der Waals surface area contributed by atoms with Crippen LogP contribution in [0.2, 0.25) is 0 Å². The summed E-state index contributed by atoms with van der Waals surface area (Å²) in [5.41, 5.74) is 0. The predicted molar refractivity (Wildman–Crippen MR) is 72.9 cm³/mol. The second kappa shape index (κ2) is 5.78. The Hall–Kier alpha value is 0.220. The summed E-state index contributed by atoms with van der Waals surface area (Å²) in [5, 5.41) is 6.57. The van der Waals surface area contributed by atoms with Gasteiger partial charge in [0.2, 0.25) is 0 Å². The van der Waals surface area contributed by atoms with E-state index in [0.29, 0.717) is 4.48 Å². The fourth-order valence-electron chi connectivity index (χ4n) is 2.75. The molecule has 5 N–H and O–H groups in total. The van der Waals surface area contributed by atoms with Gasteiger partial charge in [0, 0.05) is 12.8 Å². The number of hydrogen-bond acceptors (Lipinski definition) is 3. The van der Waals surface area contributed by atoms with Crippen LogP contribution in [0.4, 0.5) is 0 Å². The quantitative estimate of drug-likeness (QED) is 0.363. The van der Waals surface area contributed by atoms with Crippen LogP contribution in [0.3, 0.4) is 0 Å². The zero-order valence-corrected chi connectivity index (χ0v) is 13.5. The van der Waals surface area contributed by atoms with E-state index in [9.17, 15) is 14.2 Å². The first-order valence-corrected chi connectivity index (χ1v) is 9.70. The van der Waals surface area contributed by atoms with Gasteiger partial charge in [-0.05, 0) is 19.3 Å². The lowest BCUT2D eigenvalue weighted by atomic mass is 9.96. The Labute approximate surface area is 118 Å². The van der Waals surface area contributed by atoms with E-state index < -0.39 is 26.7 Å². The molecular formula is C10H24NO7P2+. The fourth-order valence-corrected chi connectivity index (χ4v) is 4.94. The summed E-state index contributed by atoms with van der Waals surface area (Å²) < 4.78 is 23.2. The molecule has 0 aliphatic carbocycles. The summed E-state index contributed by atoms with van der Waals surface area (Å²) in [5.74, 6) is 0. The largest absolute Gasteiger partial charge is 0.369 e. The Morgan fingerprint density at radius 1 is 1.10 bits per heavy atom. The number of nitrogens with zero attached hydrogens (tertiary/aromatic N) is 1. The van der Waals surface area contributed by atoms with Gasteiger partial charge in [0.05, 0.1) is 26.7 Å². The number of likely N-dealkylation sites (tertiary alicyclic amines) is 1. The van der Waals surface area contributed by atoms with Gasteiger partial charge in [-0.2, -0.15) is 0 Å². The van der Waals surface area contributed by atoms with Crippen molar-refractivity contribution in [1.82, 2.24) is 0 Å². The third-order valence-electron chi connectivity index (χ3n) is 4.26. The lowest BCUT2D eigenvalue weighted by Gasteiger charge is -2.42. The Morgan fingerprint density at radius 3 is 2.00 bits per heavy atom. The minimum absolute atomic E-state index is 0.0216. The molecule has 0 aromatic heterocycles. The summed E-state index contributed by atoms with van der Waals surface area (Å²) in [7, 11) is -6.73. The zero-order chi connectivity index (χ0) is 15.8. The molecule has 0 spiro atoms. The predicted octanol–water partition coefficient (Wildman–Crippen LogP) is 0.397. The maximum atomic E-state index is 11.3. The first kappa shape index (κ1) is 18.3. The molecule has 0 saturated carbocycles. The summed E-state index contributed by atoms with van der Waals surface area (Å²) in [6.07, 6.45) is 2.36. The molecular weight excluding hydrogens is 308 g/mol. The highest BCUT2D eigenvalue weighted by Gasteiger charge is 2.59. The van der Waals surface area contributed by atoms with Gasteiger partial charge < -0.3 is 29.2 Å². The zero-order valence-electron chi connectivity index (χ0n) is 11.7. The van der Waals surface area contributed by atoms with Gasteiger partial charge in [0.15, 0.2) is 0 Å². The van der Waals surface area contributed by atoms with E-state index in [1.165, 1.54) is 0 Å². The number of hydrogen-bond donors (Lipinski definition) is 5. The van der Waals surface area contributed by atoms with Crippen LogP contribution >= 0.6 is 15.2 Å². The standard InChI is InChI=1S/C10H23NO7P2/c1-11(2)8-4-3-5-9(11)6-7-10(12,19(13,14)15)20(16,17)18/h9,12H,3-8H2,1-2H3,(H3-,13,14,15,16,17,18)/p+1. The first-order valence-electron chi connectivity index (χ1n) is 6.47. The van der Waals surface area contributed by atoms with Crippen molar-refractivity contribution in [2.75, 3.05) is 20.6 Å². The van der Waals surface area contributed by atoms with Crippen molar-refractivity contribution in [1.29, 1.82) is 0 Å². The van der Waals surface area contributed by atoms with Crippen LogP contribution in [0.25, 0.3) is 0 Å². The van der Waals surface area contributed by atoms with E-state index in [1.54, 1.807) is 0 Å². The van der Waals surface area contributed by atoms with Crippen LogP contribution in [0.1, 0.15) is 32.1 Å². The lowest BCUT2D eigenvalue weighted by molar-refractivity contribution is -0.920. The third-order valence-corrected chi connectivity index (χ3v) is 8.13. The van der Waals surface area contributed by atoms with Gasteiger partial charge in [-0.15, -0.1) is 0 Å². The molecule has 20 heavy (non-hydrogen) atoms. The molecule has 0 amide bonds. The third kappa shape index (κ3) is 3.70. The Bertz CT molecular complexity index is 419. The van der Waals surface area contributed by atoms with Crippen LogP contribution < -0.4 is 0 Å². The van der Waals surface area contributed by atoms with Gasteiger partial charge in [-0.3, -0.25) is 9.13 Å². The van der Waals surface area contributed by atoms with Crippen molar-refractivity contribution in [2.45, 2.75) is 43.2 Å². The number of piperidine rings is 1. The van der Waals surface area contributed by atoms with Crippen molar-refractivity contribution in [2.24, 2.45) is 0 Å². The molecule has 1 aliphatic rings. The number of aliphatic hydroxyl groups is 1. The molecule has 0 aromatic carbocycles. The lowest BCUT2D eigenvalue weighted by Crippen LogP contribution is -2.52. The number of quaternary nitrogens is 1. The normalized spacial score (nSPS) is 24.6. The van der Waals surface area contributed by atoms with Crippen molar-refractivity contribution in [3.05, 3.63) is 0 Å². The summed E-state index contributed by atoms with van der Waals surface area (Å²) >= 11 is 0. The van der Waals surface area contributed by atoms with Crippen LogP contribution in [-0.2, 0) is 9.13 Å². The van der Waals surface area contributed by atoms with Crippen molar-refractivity contribution < 1.29 is 38.3 Å². The molecule has 0 radical (unpaired) electrons. The minimum atomic E-state index is -5.33. The molecule has 1 saturated heterocycles. The molecule has 1 fully saturated rings. The van der Waals surface area contributed by atoms with Crippen molar-refractivity contribution >= 4 is 15.2 Å². The highest BCUT2D eigenvalue weighted by molar-refractivity contribution is 7.72. The highest BCUT2D eigenvalue weighted by atomic mass is 31.2. The van der Waals surface area contributed by atoms with Crippen LogP contribution in [0.15, 0.2) is 0 Å². The maximum absolute atomic E-state index is 11.3. The van der Waals surface area contributed by atoms with Crippen molar-refractivity contribution in [3.63, 3.8) is 0 Å². The van der Waals surface area contributed by atoms with E-state index in [2.05, 4.69) is 0 Å². The summed E-state index contributed by atoms with van der Waals surface area (Å²) in [6.45, 7) is 0.898. The molecule has 0 bridgehead atoms. The van der Waals surface area contributed by atoms with Gasteiger partial charge in [0.25, 0.3) is 5.08 Å². The fraction of sp³-hybridized carbons (Fsp3) is 1.00. The Balaban J connectivity index is 2.89. The second-order valence-electron chi connectivity index (χ2n) is 6.05. The average Bonchev–Trinajstić information content (AvgIpc) is 2.23. The van der Waals surface area contributed by atoms with E-state index >= 15 is 0 Å². The maximum Gasteiger partial charge on any atom is 0.369 e. The molecule has 8 nitrogen and oxygen atoms in total. The molecule has 1 aliphatic heterocycles. The van der Waals surface area contributed by atoms with E-state index in [0.717, 1.165) is 25.8 Å². The van der Waals surface area contributed by atoms with E-state index in [4.69, 9.17) is 19.6 Å². The molecule has 10 heteroatoms. The van der Waals surface area contributed by atoms with Crippen LogP contribution in [-0.4, -0.2) is 60.9 Å². The molecule has 120 valence electrons. The number of rotatable bonds is 5. The molecule has 1 heterocycles. The smallest absolute Gasteiger partial charge is 0.368 e. The summed E-state index contributed by atoms with van der Waals surface area (Å²) in [6, 6.07) is 0.0216. The Morgan fingerprint density at radius 2 is 1.60 bits per heavy atom. The molecule has 1 unspecified atom stereocenters. The van der Waals surface area contributed by atoms with Crippen LogP contribution in [0.5, 0.6) is 0 Å². The van der Waals surface area contributed by atoms with Gasteiger partial charge in [-0.25, -0.2) is 0 Å². The van der Waals surface area contributed by atoms with Gasteiger partial charge in [-0.1, -0.05) is 0 Å². The Kier molecular flexibility index (Phi) is 5.28. The molecule has 1 rings (SSSR count).